The summed E-state index contributed by atoms with van der Waals surface area (Å²) in [6, 6.07) is 15.2. The molecule has 1 atom stereocenters. The average molecular weight is 364 g/mol. The highest BCUT2D eigenvalue weighted by molar-refractivity contribution is 5.83. The second kappa shape index (κ2) is 8.25. The minimum absolute atomic E-state index is 0.259. The van der Waals surface area contributed by atoms with Crippen molar-refractivity contribution in [1.82, 2.24) is 20.4 Å². The molecule has 5 nitrogen and oxygen atoms in total. The Hall–Kier alpha value is -2.82. The molecule has 27 heavy (non-hydrogen) atoms. The molecule has 0 bridgehead atoms. The number of hydrogen-bond donors (Lipinski definition) is 2. The lowest BCUT2D eigenvalue weighted by molar-refractivity contribution is 0.635. The first-order chi connectivity index (χ1) is 13.0. The van der Waals surface area contributed by atoms with E-state index in [-0.39, 0.29) is 6.04 Å². The number of benzene rings is 2. The van der Waals surface area contributed by atoms with Gasteiger partial charge < -0.3 is 10.6 Å². The maximum atomic E-state index is 4.51. The van der Waals surface area contributed by atoms with E-state index < -0.39 is 0 Å². The van der Waals surface area contributed by atoms with Crippen molar-refractivity contribution >= 4 is 16.7 Å². The third kappa shape index (κ3) is 4.48. The van der Waals surface area contributed by atoms with Gasteiger partial charge in [-0.25, -0.2) is 0 Å². The van der Waals surface area contributed by atoms with Crippen molar-refractivity contribution in [2.24, 2.45) is 12.0 Å². The molecule has 0 saturated carbocycles. The lowest BCUT2D eigenvalue weighted by atomic mass is 10.1. The Balaban J connectivity index is 1.59. The lowest BCUT2D eigenvalue weighted by Crippen LogP contribution is -2.42. The molecule has 1 aromatic heterocycles. The van der Waals surface area contributed by atoms with Gasteiger partial charge in [0.25, 0.3) is 0 Å². The number of aliphatic imine (C=N–C) groups is 1. The predicted molar refractivity (Wildman–Crippen MR) is 113 cm³/mol. The summed E-state index contributed by atoms with van der Waals surface area (Å²) < 4.78 is 1.95. The van der Waals surface area contributed by atoms with Crippen LogP contribution < -0.4 is 10.6 Å². The third-order valence-corrected chi connectivity index (χ3v) is 5.05. The first-order valence-corrected chi connectivity index (χ1v) is 9.42. The molecule has 3 aromatic rings. The summed E-state index contributed by atoms with van der Waals surface area (Å²) in [5, 5.41) is 13.9. The Labute approximate surface area is 161 Å². The highest BCUT2D eigenvalue weighted by atomic mass is 15.3. The molecule has 0 aliphatic rings. The van der Waals surface area contributed by atoms with Gasteiger partial charge in [0.1, 0.15) is 0 Å². The van der Waals surface area contributed by atoms with Gasteiger partial charge in [-0.3, -0.25) is 9.67 Å². The lowest BCUT2D eigenvalue weighted by Gasteiger charge is -2.18. The molecule has 142 valence electrons. The molecular weight excluding hydrogens is 334 g/mol. The van der Waals surface area contributed by atoms with Crippen LogP contribution in [0.4, 0.5) is 0 Å². The van der Waals surface area contributed by atoms with Crippen LogP contribution in [0.3, 0.4) is 0 Å². The van der Waals surface area contributed by atoms with Gasteiger partial charge in [-0.15, -0.1) is 0 Å². The summed E-state index contributed by atoms with van der Waals surface area (Å²) in [5.74, 6) is 0.815. The van der Waals surface area contributed by atoms with E-state index in [2.05, 4.69) is 84.0 Å². The zero-order valence-corrected chi connectivity index (χ0v) is 16.9. The molecule has 0 aliphatic heterocycles. The molecule has 0 amide bonds. The molecule has 0 radical (unpaired) electrons. The smallest absolute Gasteiger partial charge is 0.191 e. The molecule has 3 rings (SSSR count). The molecule has 2 N–H and O–H groups in total. The van der Waals surface area contributed by atoms with Gasteiger partial charge >= 0.3 is 0 Å². The molecule has 0 saturated heterocycles. The van der Waals surface area contributed by atoms with E-state index in [1.54, 1.807) is 0 Å². The van der Waals surface area contributed by atoms with Crippen molar-refractivity contribution in [3.8, 4) is 0 Å². The minimum atomic E-state index is 0.259. The first-order valence-electron chi connectivity index (χ1n) is 9.42. The van der Waals surface area contributed by atoms with Crippen molar-refractivity contribution in [2.45, 2.75) is 39.8 Å². The van der Waals surface area contributed by atoms with E-state index in [4.69, 9.17) is 0 Å². The average Bonchev–Trinajstić information content (AvgIpc) is 2.91. The van der Waals surface area contributed by atoms with E-state index >= 15 is 0 Å². The summed E-state index contributed by atoms with van der Waals surface area (Å²) in [7, 11) is 3.80. The second-order valence-corrected chi connectivity index (χ2v) is 7.13. The van der Waals surface area contributed by atoms with Crippen molar-refractivity contribution in [1.29, 1.82) is 0 Å². The van der Waals surface area contributed by atoms with Crippen molar-refractivity contribution in [3.63, 3.8) is 0 Å². The summed E-state index contributed by atoms with van der Waals surface area (Å²) in [4.78, 5) is 4.37. The maximum absolute atomic E-state index is 4.51. The number of fused-ring (bicyclic) bond motifs is 1. The van der Waals surface area contributed by atoms with Gasteiger partial charge in [0.2, 0.25) is 0 Å². The van der Waals surface area contributed by atoms with E-state index in [0.29, 0.717) is 0 Å². The quantitative estimate of drug-likeness (QED) is 0.539. The summed E-state index contributed by atoms with van der Waals surface area (Å²) >= 11 is 0. The van der Waals surface area contributed by atoms with Crippen LogP contribution in [0.5, 0.6) is 0 Å². The number of guanidine groups is 1. The van der Waals surface area contributed by atoms with Crippen molar-refractivity contribution < 1.29 is 0 Å². The number of aromatic nitrogens is 2. The summed E-state index contributed by atoms with van der Waals surface area (Å²) in [6.45, 7) is 7.10. The Morgan fingerprint density at radius 2 is 1.89 bits per heavy atom. The molecule has 2 aromatic carbocycles. The SMILES string of the molecule is CN=C(NCc1ccc2ccccc2c1)NC(C)Cc1c(C)nn(C)c1C. The Bertz CT molecular complexity index is 954. The largest absolute Gasteiger partial charge is 0.354 e. The van der Waals surface area contributed by atoms with Crippen molar-refractivity contribution in [3.05, 3.63) is 65.0 Å². The fourth-order valence-electron chi connectivity index (χ4n) is 3.43. The highest BCUT2D eigenvalue weighted by Gasteiger charge is 2.14. The van der Waals surface area contributed by atoms with Crippen LogP contribution in [0.25, 0.3) is 10.8 Å². The number of rotatable bonds is 5. The van der Waals surface area contributed by atoms with Gasteiger partial charge in [-0.1, -0.05) is 36.4 Å². The molecule has 0 fully saturated rings. The van der Waals surface area contributed by atoms with Gasteiger partial charge in [0.05, 0.1) is 5.69 Å². The fourth-order valence-corrected chi connectivity index (χ4v) is 3.43. The van der Waals surface area contributed by atoms with Crippen LogP contribution in [0.15, 0.2) is 47.5 Å². The first kappa shape index (κ1) is 19.0. The van der Waals surface area contributed by atoms with Gasteiger partial charge in [-0.05, 0) is 55.2 Å². The second-order valence-electron chi connectivity index (χ2n) is 7.13. The van der Waals surface area contributed by atoms with Gasteiger partial charge in [0.15, 0.2) is 5.96 Å². The molecule has 1 unspecified atom stereocenters. The minimum Gasteiger partial charge on any atom is -0.354 e. The number of nitrogens with one attached hydrogen (secondary N) is 2. The van der Waals surface area contributed by atoms with Gasteiger partial charge in [0, 0.05) is 32.4 Å². The van der Waals surface area contributed by atoms with Crippen LogP contribution >= 0.6 is 0 Å². The van der Waals surface area contributed by atoms with Crippen LogP contribution in [-0.4, -0.2) is 28.8 Å². The number of hydrogen-bond acceptors (Lipinski definition) is 2. The summed E-state index contributed by atoms with van der Waals surface area (Å²) in [6.07, 6.45) is 0.919. The van der Waals surface area contributed by atoms with E-state index in [1.807, 2.05) is 18.8 Å². The van der Waals surface area contributed by atoms with Gasteiger partial charge in [-0.2, -0.15) is 5.10 Å². The van der Waals surface area contributed by atoms with Crippen molar-refractivity contribution in [2.75, 3.05) is 7.05 Å². The molecule has 0 aliphatic carbocycles. The van der Waals surface area contributed by atoms with Crippen LogP contribution in [0.1, 0.15) is 29.4 Å². The molecular formula is C22H29N5. The molecule has 1 heterocycles. The molecule has 0 spiro atoms. The summed E-state index contributed by atoms with van der Waals surface area (Å²) in [5.41, 5.74) is 4.87. The fraction of sp³-hybridized carbons (Fsp3) is 0.364. The molecule has 5 heteroatoms. The van der Waals surface area contributed by atoms with E-state index in [1.165, 1.54) is 27.6 Å². The predicted octanol–water partition coefficient (Wildman–Crippen LogP) is 3.49. The van der Waals surface area contributed by atoms with E-state index in [9.17, 15) is 0 Å². The number of nitrogens with zero attached hydrogens (tertiary/aromatic N) is 3. The topological polar surface area (TPSA) is 54.2 Å². The Kier molecular flexibility index (Phi) is 5.79. The number of aryl methyl sites for hydroxylation is 2. The highest BCUT2D eigenvalue weighted by Crippen LogP contribution is 2.16. The third-order valence-electron chi connectivity index (χ3n) is 5.05. The Morgan fingerprint density at radius 3 is 2.56 bits per heavy atom. The Morgan fingerprint density at radius 1 is 1.15 bits per heavy atom. The standard InChI is InChI=1S/C22H29N5/c1-15(12-21-16(2)26-27(5)17(21)3)25-22(23-4)24-14-18-10-11-19-8-6-7-9-20(19)13-18/h6-11,13,15H,12,14H2,1-5H3,(H2,23,24,25). The zero-order chi connectivity index (χ0) is 19.4. The maximum Gasteiger partial charge on any atom is 0.191 e. The van der Waals surface area contributed by atoms with E-state index in [0.717, 1.165) is 24.6 Å². The normalized spacial score (nSPS) is 13.0. The monoisotopic (exact) mass is 363 g/mol. The van der Waals surface area contributed by atoms with Crippen LogP contribution in [-0.2, 0) is 20.0 Å². The van der Waals surface area contributed by atoms with Crippen LogP contribution in [0, 0.1) is 13.8 Å². The zero-order valence-electron chi connectivity index (χ0n) is 16.9. The van der Waals surface area contributed by atoms with Crippen LogP contribution in [0.2, 0.25) is 0 Å².